The minimum absolute atomic E-state index is 0.0347. The van der Waals surface area contributed by atoms with Gasteiger partial charge < -0.3 is 16.2 Å². The standard InChI is InChI=1S/C12H19N3O2S/c1-6-7(2)18-11(15-6)5-14-12(17)8-3-9(13)10(16)4-8/h8-10,16H,3-5,13H2,1-2H3,(H,14,17)/t8-,9+,10+/m0/s1. The van der Waals surface area contributed by atoms with Crippen LogP contribution >= 0.6 is 11.3 Å². The largest absolute Gasteiger partial charge is 0.391 e. The van der Waals surface area contributed by atoms with Crippen molar-refractivity contribution in [3.8, 4) is 0 Å². The Balaban J connectivity index is 1.85. The lowest BCUT2D eigenvalue weighted by atomic mass is 10.1. The van der Waals surface area contributed by atoms with Gasteiger partial charge in [-0.25, -0.2) is 4.98 Å². The predicted molar refractivity (Wildman–Crippen MR) is 70.1 cm³/mol. The normalized spacial score (nSPS) is 27.4. The topological polar surface area (TPSA) is 88.2 Å². The van der Waals surface area contributed by atoms with Gasteiger partial charge in [-0.15, -0.1) is 11.3 Å². The van der Waals surface area contributed by atoms with E-state index in [1.54, 1.807) is 11.3 Å². The van der Waals surface area contributed by atoms with Gasteiger partial charge in [0, 0.05) is 16.8 Å². The van der Waals surface area contributed by atoms with Crippen LogP contribution in [0.25, 0.3) is 0 Å². The molecule has 0 aromatic carbocycles. The summed E-state index contributed by atoms with van der Waals surface area (Å²) in [4.78, 5) is 17.4. The Morgan fingerprint density at radius 3 is 2.78 bits per heavy atom. The van der Waals surface area contributed by atoms with Crippen LogP contribution in [0.1, 0.15) is 28.4 Å². The fourth-order valence-electron chi connectivity index (χ4n) is 2.18. The highest BCUT2D eigenvalue weighted by Crippen LogP contribution is 2.25. The molecule has 18 heavy (non-hydrogen) atoms. The lowest BCUT2D eigenvalue weighted by molar-refractivity contribution is -0.125. The average Bonchev–Trinajstić information content (AvgIpc) is 2.81. The van der Waals surface area contributed by atoms with E-state index >= 15 is 0 Å². The first-order valence-corrected chi connectivity index (χ1v) is 6.93. The zero-order valence-electron chi connectivity index (χ0n) is 10.6. The maximum absolute atomic E-state index is 11.9. The highest BCUT2D eigenvalue weighted by molar-refractivity contribution is 7.11. The molecule has 2 rings (SSSR count). The lowest BCUT2D eigenvalue weighted by Gasteiger charge is -2.08. The van der Waals surface area contributed by atoms with Crippen LogP contribution in [0.3, 0.4) is 0 Å². The third-order valence-corrected chi connectivity index (χ3v) is 4.51. The van der Waals surface area contributed by atoms with Crippen molar-refractivity contribution in [2.24, 2.45) is 11.7 Å². The van der Waals surface area contributed by atoms with E-state index in [4.69, 9.17) is 5.73 Å². The number of amides is 1. The van der Waals surface area contributed by atoms with Gasteiger partial charge in [-0.05, 0) is 26.7 Å². The lowest BCUT2D eigenvalue weighted by Crippen LogP contribution is -2.30. The molecule has 0 radical (unpaired) electrons. The fourth-order valence-corrected chi connectivity index (χ4v) is 3.06. The summed E-state index contributed by atoms with van der Waals surface area (Å²) in [5, 5.41) is 13.3. The Hall–Kier alpha value is -0.980. The Kier molecular flexibility index (Phi) is 3.99. The van der Waals surface area contributed by atoms with Crippen LogP contribution < -0.4 is 11.1 Å². The van der Waals surface area contributed by atoms with E-state index in [1.165, 1.54) is 4.88 Å². The summed E-state index contributed by atoms with van der Waals surface area (Å²) in [5.41, 5.74) is 6.71. The molecule has 1 saturated carbocycles. The second kappa shape index (κ2) is 5.34. The quantitative estimate of drug-likeness (QED) is 0.744. The van der Waals surface area contributed by atoms with Gasteiger partial charge in [0.25, 0.3) is 0 Å². The van der Waals surface area contributed by atoms with Crippen molar-refractivity contribution >= 4 is 17.2 Å². The maximum atomic E-state index is 11.9. The number of hydrogen-bond donors (Lipinski definition) is 3. The van der Waals surface area contributed by atoms with Gasteiger partial charge in [0.05, 0.1) is 18.3 Å². The molecular formula is C12H19N3O2S. The maximum Gasteiger partial charge on any atom is 0.223 e. The summed E-state index contributed by atoms with van der Waals surface area (Å²) >= 11 is 1.60. The summed E-state index contributed by atoms with van der Waals surface area (Å²) in [6.07, 6.45) is 0.469. The number of aryl methyl sites for hydroxylation is 2. The third kappa shape index (κ3) is 2.88. The Morgan fingerprint density at radius 2 is 2.28 bits per heavy atom. The number of rotatable bonds is 3. The summed E-state index contributed by atoms with van der Waals surface area (Å²) in [5.74, 6) is -0.204. The molecule has 1 fully saturated rings. The molecule has 0 saturated heterocycles. The SMILES string of the molecule is Cc1nc(CNC(=O)[C@H]2C[C@@H](N)[C@H](O)C2)sc1C. The van der Waals surface area contributed by atoms with Crippen LogP contribution in [0.4, 0.5) is 0 Å². The van der Waals surface area contributed by atoms with Crippen molar-refractivity contribution in [2.75, 3.05) is 0 Å². The van der Waals surface area contributed by atoms with Gasteiger partial charge in [-0.1, -0.05) is 0 Å². The highest BCUT2D eigenvalue weighted by Gasteiger charge is 2.34. The number of carbonyl (C=O) groups excluding carboxylic acids is 1. The number of nitrogens with one attached hydrogen (secondary N) is 1. The molecule has 1 aromatic rings. The van der Waals surface area contributed by atoms with Gasteiger partial charge in [-0.2, -0.15) is 0 Å². The predicted octanol–water partition coefficient (Wildman–Crippen LogP) is 0.474. The molecule has 0 bridgehead atoms. The van der Waals surface area contributed by atoms with Crippen LogP contribution in [-0.2, 0) is 11.3 Å². The second-order valence-electron chi connectivity index (χ2n) is 4.87. The smallest absolute Gasteiger partial charge is 0.223 e. The van der Waals surface area contributed by atoms with Crippen LogP contribution in [0.2, 0.25) is 0 Å². The minimum Gasteiger partial charge on any atom is -0.391 e. The van der Waals surface area contributed by atoms with E-state index in [2.05, 4.69) is 10.3 Å². The first-order chi connectivity index (χ1) is 8.47. The Labute approximate surface area is 110 Å². The Morgan fingerprint density at radius 1 is 1.56 bits per heavy atom. The number of aromatic nitrogens is 1. The van der Waals surface area contributed by atoms with Crippen LogP contribution in [0.5, 0.6) is 0 Å². The monoisotopic (exact) mass is 269 g/mol. The van der Waals surface area contributed by atoms with Crippen molar-refractivity contribution in [2.45, 2.75) is 45.4 Å². The van der Waals surface area contributed by atoms with Crippen molar-refractivity contribution < 1.29 is 9.90 Å². The summed E-state index contributed by atoms with van der Waals surface area (Å²) in [6.45, 7) is 4.44. The van der Waals surface area contributed by atoms with E-state index in [0.717, 1.165) is 10.7 Å². The van der Waals surface area contributed by atoms with E-state index in [-0.39, 0.29) is 17.9 Å². The number of aliphatic hydroxyl groups excluding tert-OH is 1. The Bertz CT molecular complexity index is 417. The second-order valence-corrected chi connectivity index (χ2v) is 6.15. The first kappa shape index (κ1) is 13.5. The first-order valence-electron chi connectivity index (χ1n) is 6.11. The third-order valence-electron chi connectivity index (χ3n) is 3.43. The molecule has 100 valence electrons. The molecule has 3 atom stereocenters. The highest BCUT2D eigenvalue weighted by atomic mass is 32.1. The van der Waals surface area contributed by atoms with Gasteiger partial charge in [0.2, 0.25) is 5.91 Å². The number of carbonyl (C=O) groups is 1. The number of thiazole rings is 1. The molecule has 0 unspecified atom stereocenters. The molecular weight excluding hydrogens is 250 g/mol. The van der Waals surface area contributed by atoms with Gasteiger partial charge >= 0.3 is 0 Å². The zero-order valence-corrected chi connectivity index (χ0v) is 11.5. The fraction of sp³-hybridized carbons (Fsp3) is 0.667. The van der Waals surface area contributed by atoms with E-state index in [0.29, 0.717) is 19.4 Å². The van der Waals surface area contributed by atoms with Gasteiger partial charge in [0.15, 0.2) is 0 Å². The molecule has 0 aliphatic heterocycles. The van der Waals surface area contributed by atoms with Crippen molar-refractivity contribution in [3.63, 3.8) is 0 Å². The van der Waals surface area contributed by atoms with Crippen molar-refractivity contribution in [3.05, 3.63) is 15.6 Å². The van der Waals surface area contributed by atoms with E-state index in [1.807, 2.05) is 13.8 Å². The van der Waals surface area contributed by atoms with Gasteiger partial charge in [0.1, 0.15) is 5.01 Å². The van der Waals surface area contributed by atoms with Crippen LogP contribution in [0, 0.1) is 19.8 Å². The van der Waals surface area contributed by atoms with Crippen LogP contribution in [0.15, 0.2) is 0 Å². The van der Waals surface area contributed by atoms with Gasteiger partial charge in [-0.3, -0.25) is 4.79 Å². The van der Waals surface area contributed by atoms with E-state index in [9.17, 15) is 9.90 Å². The molecule has 1 heterocycles. The molecule has 1 amide bonds. The average molecular weight is 269 g/mol. The summed E-state index contributed by atoms with van der Waals surface area (Å²) in [7, 11) is 0. The van der Waals surface area contributed by atoms with Crippen LogP contribution in [-0.4, -0.2) is 28.1 Å². The molecule has 6 heteroatoms. The molecule has 1 aliphatic carbocycles. The zero-order chi connectivity index (χ0) is 13.3. The molecule has 5 nitrogen and oxygen atoms in total. The van der Waals surface area contributed by atoms with Crippen molar-refractivity contribution in [1.29, 1.82) is 0 Å². The number of hydrogen-bond acceptors (Lipinski definition) is 5. The molecule has 0 spiro atoms. The number of aliphatic hydroxyl groups is 1. The molecule has 1 aliphatic rings. The summed E-state index contributed by atoms with van der Waals surface area (Å²) < 4.78 is 0. The van der Waals surface area contributed by atoms with E-state index < -0.39 is 6.10 Å². The molecule has 4 N–H and O–H groups in total. The molecule has 1 aromatic heterocycles. The summed E-state index contributed by atoms with van der Waals surface area (Å²) in [6, 6.07) is -0.273. The minimum atomic E-state index is -0.551. The van der Waals surface area contributed by atoms with Crippen molar-refractivity contribution in [1.82, 2.24) is 10.3 Å². The number of nitrogens with two attached hydrogens (primary N) is 1. The number of nitrogens with zero attached hydrogens (tertiary/aromatic N) is 1.